The van der Waals surface area contributed by atoms with Crippen molar-refractivity contribution in [3.8, 4) is 0 Å². The molecule has 33 heavy (non-hydrogen) atoms. The zero-order valence-corrected chi connectivity index (χ0v) is 20.2. The van der Waals surface area contributed by atoms with Gasteiger partial charge in [-0.3, -0.25) is 4.99 Å². The fourth-order valence-electron chi connectivity index (χ4n) is 4.62. The van der Waals surface area contributed by atoms with Crippen molar-refractivity contribution in [2.75, 3.05) is 0 Å². The summed E-state index contributed by atoms with van der Waals surface area (Å²) in [7, 11) is 0. The summed E-state index contributed by atoms with van der Waals surface area (Å²) in [5.74, 6) is 0.141. The average Bonchev–Trinajstić information content (AvgIpc) is 3.67. The molecule has 1 aliphatic rings. The van der Waals surface area contributed by atoms with Gasteiger partial charge in [-0.05, 0) is 51.0 Å². The lowest BCUT2D eigenvalue weighted by Crippen LogP contribution is -2.21. The predicted octanol–water partition coefficient (Wildman–Crippen LogP) is 8.81. The lowest BCUT2D eigenvalue weighted by molar-refractivity contribution is 0.671. The number of allylic oxidation sites excluding steroid dienone is 1. The van der Waals surface area contributed by atoms with Crippen LogP contribution >= 0.6 is 34.0 Å². The molecule has 1 aliphatic heterocycles. The summed E-state index contributed by atoms with van der Waals surface area (Å²) in [6.07, 6.45) is 0. The highest BCUT2D eigenvalue weighted by Gasteiger charge is 2.38. The molecule has 0 spiro atoms. The van der Waals surface area contributed by atoms with E-state index in [-0.39, 0.29) is 12.0 Å². The van der Waals surface area contributed by atoms with Crippen molar-refractivity contribution in [3.63, 3.8) is 0 Å². The Morgan fingerprint density at radius 1 is 0.576 bits per heavy atom. The van der Waals surface area contributed by atoms with Crippen molar-refractivity contribution < 1.29 is 0 Å². The maximum atomic E-state index is 5.53. The number of dihydropyridines is 1. The Bertz CT molecular complexity index is 1380. The first-order valence-corrected chi connectivity index (χ1v) is 13.6. The van der Waals surface area contributed by atoms with E-state index in [1.165, 1.54) is 36.9 Å². The van der Waals surface area contributed by atoms with Crippen molar-refractivity contribution in [3.05, 3.63) is 139 Å². The topological polar surface area (TPSA) is 12.4 Å². The highest BCUT2D eigenvalue weighted by molar-refractivity contribution is 7.13. The molecule has 2 atom stereocenters. The number of aliphatic imine (C=N–C) groups is 1. The van der Waals surface area contributed by atoms with Crippen molar-refractivity contribution in [2.45, 2.75) is 12.0 Å². The van der Waals surface area contributed by atoms with Crippen molar-refractivity contribution in [2.24, 2.45) is 4.99 Å². The number of rotatable bonds is 5. The number of thiophene rings is 3. The van der Waals surface area contributed by atoms with Crippen LogP contribution in [0.2, 0.25) is 0 Å². The van der Waals surface area contributed by atoms with Crippen LogP contribution in [0.25, 0.3) is 11.1 Å². The fraction of sp³-hybridized carbons (Fsp3) is 0.0690. The molecule has 160 valence electrons. The number of benzene rings is 2. The van der Waals surface area contributed by atoms with E-state index in [0.29, 0.717) is 0 Å². The zero-order valence-electron chi connectivity index (χ0n) is 17.8. The first-order chi connectivity index (χ1) is 16.4. The van der Waals surface area contributed by atoms with Gasteiger partial charge in [0.2, 0.25) is 0 Å². The van der Waals surface area contributed by atoms with Crippen LogP contribution in [0.5, 0.6) is 0 Å². The molecule has 1 nitrogen and oxygen atoms in total. The Labute approximate surface area is 206 Å². The number of hydrogen-bond acceptors (Lipinski definition) is 4. The zero-order chi connectivity index (χ0) is 22.0. The molecule has 0 radical (unpaired) electrons. The van der Waals surface area contributed by atoms with E-state index in [1.807, 2.05) is 11.3 Å². The number of hydrogen-bond donors (Lipinski definition) is 0. The van der Waals surface area contributed by atoms with E-state index >= 15 is 0 Å². The second-order valence-electron chi connectivity index (χ2n) is 7.94. The quantitative estimate of drug-likeness (QED) is 0.239. The van der Waals surface area contributed by atoms with Crippen LogP contribution in [0.3, 0.4) is 0 Å². The van der Waals surface area contributed by atoms with Crippen LogP contribution in [-0.4, -0.2) is 5.71 Å². The molecule has 0 amide bonds. The lowest BCUT2D eigenvalue weighted by Gasteiger charge is -2.34. The van der Waals surface area contributed by atoms with Crippen molar-refractivity contribution in [1.29, 1.82) is 0 Å². The molecule has 0 bridgehead atoms. The summed E-state index contributed by atoms with van der Waals surface area (Å²) in [6, 6.07) is 34.9. The van der Waals surface area contributed by atoms with Crippen molar-refractivity contribution >= 4 is 50.9 Å². The molecule has 0 aliphatic carbocycles. The van der Waals surface area contributed by atoms with Gasteiger partial charge in [0, 0.05) is 21.2 Å². The Morgan fingerprint density at radius 3 is 1.85 bits per heavy atom. The minimum Gasteiger partial charge on any atom is -0.273 e. The Balaban J connectivity index is 1.71. The molecule has 4 heteroatoms. The van der Waals surface area contributed by atoms with Gasteiger partial charge in [-0.15, -0.1) is 34.0 Å². The van der Waals surface area contributed by atoms with Gasteiger partial charge in [-0.1, -0.05) is 78.9 Å². The molecule has 5 aromatic rings. The standard InChI is InChI=1S/C29H21NS3/c1-3-10-20(11-4-1)25-27(22-14-7-17-31-22)26(21-12-5-2-6-13-21)29(24-16-9-19-33-24)30-28(25)23-15-8-18-32-23/h1-19,25,28H/t25-,28-/m1/s1. The first-order valence-electron chi connectivity index (χ1n) is 10.9. The molecular weight excluding hydrogens is 459 g/mol. The Hall–Kier alpha value is -3.05. The Morgan fingerprint density at radius 2 is 1.21 bits per heavy atom. The van der Waals surface area contributed by atoms with Gasteiger partial charge in [0.1, 0.15) is 0 Å². The summed E-state index contributed by atoms with van der Waals surface area (Å²) in [4.78, 5) is 9.36. The van der Waals surface area contributed by atoms with Crippen LogP contribution in [0.15, 0.2) is 118 Å². The summed E-state index contributed by atoms with van der Waals surface area (Å²) < 4.78 is 0. The van der Waals surface area contributed by atoms with Gasteiger partial charge >= 0.3 is 0 Å². The number of nitrogens with zero attached hydrogens (tertiary/aromatic N) is 1. The first kappa shape index (κ1) is 20.5. The van der Waals surface area contributed by atoms with E-state index in [1.54, 1.807) is 22.7 Å². The van der Waals surface area contributed by atoms with Gasteiger partial charge in [-0.2, -0.15) is 0 Å². The largest absolute Gasteiger partial charge is 0.273 e. The van der Waals surface area contributed by atoms with Crippen molar-refractivity contribution in [1.82, 2.24) is 0 Å². The van der Waals surface area contributed by atoms with Gasteiger partial charge in [-0.25, -0.2) is 0 Å². The minimum atomic E-state index is 0.0362. The van der Waals surface area contributed by atoms with Gasteiger partial charge in [0.25, 0.3) is 0 Å². The van der Waals surface area contributed by atoms with Crippen LogP contribution in [-0.2, 0) is 0 Å². The average molecular weight is 480 g/mol. The minimum absolute atomic E-state index is 0.0362. The van der Waals surface area contributed by atoms with Crippen LogP contribution in [0, 0.1) is 0 Å². The maximum Gasteiger partial charge on any atom is 0.0958 e. The summed E-state index contributed by atoms with van der Waals surface area (Å²) in [6.45, 7) is 0. The third-order valence-electron chi connectivity index (χ3n) is 6.00. The molecule has 0 N–H and O–H groups in total. The highest BCUT2D eigenvalue weighted by Crippen LogP contribution is 2.53. The highest BCUT2D eigenvalue weighted by atomic mass is 32.1. The van der Waals surface area contributed by atoms with Gasteiger partial charge in [0.15, 0.2) is 0 Å². The van der Waals surface area contributed by atoms with E-state index in [9.17, 15) is 0 Å². The van der Waals surface area contributed by atoms with Crippen LogP contribution in [0.4, 0.5) is 0 Å². The molecule has 6 rings (SSSR count). The van der Waals surface area contributed by atoms with Gasteiger partial charge < -0.3 is 0 Å². The smallest absolute Gasteiger partial charge is 0.0958 e. The SMILES string of the molecule is c1ccc(C2=C(c3cccs3)[C@@H](c3ccccc3)[C@@H](c3cccs3)N=C2c2cccs2)cc1. The molecule has 0 saturated heterocycles. The summed E-state index contributed by atoms with van der Waals surface area (Å²) in [5.41, 5.74) is 6.26. The van der Waals surface area contributed by atoms with E-state index in [4.69, 9.17) is 4.99 Å². The Kier molecular flexibility index (Phi) is 5.64. The molecular formula is C29H21NS3. The maximum absolute atomic E-state index is 5.53. The summed E-state index contributed by atoms with van der Waals surface area (Å²) in [5, 5.41) is 6.50. The molecule has 0 unspecified atom stereocenters. The molecule has 0 fully saturated rings. The predicted molar refractivity (Wildman–Crippen MR) is 145 cm³/mol. The van der Waals surface area contributed by atoms with Crippen LogP contribution < -0.4 is 0 Å². The second kappa shape index (κ2) is 9.06. The van der Waals surface area contributed by atoms with E-state index < -0.39 is 0 Å². The molecule has 3 aromatic heterocycles. The molecule has 2 aromatic carbocycles. The van der Waals surface area contributed by atoms with E-state index in [0.717, 1.165) is 5.71 Å². The van der Waals surface area contributed by atoms with E-state index in [2.05, 4.69) is 113 Å². The second-order valence-corrected chi connectivity index (χ2v) is 10.8. The van der Waals surface area contributed by atoms with Crippen LogP contribution in [0.1, 0.15) is 37.7 Å². The fourth-order valence-corrected chi connectivity index (χ4v) is 6.97. The monoisotopic (exact) mass is 479 g/mol. The third kappa shape index (κ3) is 3.84. The summed E-state index contributed by atoms with van der Waals surface area (Å²) >= 11 is 5.38. The molecule has 0 saturated carbocycles. The normalized spacial score (nSPS) is 18.4. The molecule has 4 heterocycles. The lowest BCUT2D eigenvalue weighted by atomic mass is 9.76. The third-order valence-corrected chi connectivity index (χ3v) is 8.72. The van der Waals surface area contributed by atoms with Gasteiger partial charge in [0.05, 0.1) is 16.6 Å².